The summed E-state index contributed by atoms with van der Waals surface area (Å²) < 4.78 is 156. The van der Waals surface area contributed by atoms with Gasteiger partial charge in [-0.1, -0.05) is 320 Å². The fourth-order valence-electron chi connectivity index (χ4n) is 16.9. The number of hydrogen-bond donors (Lipinski definition) is 0. The lowest BCUT2D eigenvalue weighted by molar-refractivity contribution is 0.444. The second-order valence-corrected chi connectivity index (χ2v) is 33.3. The Morgan fingerprint density at radius 1 is 0.324 bits per heavy atom. The highest BCUT2D eigenvalue weighted by Gasteiger charge is 2.46. The summed E-state index contributed by atoms with van der Waals surface area (Å²) in [5, 5.41) is 4.05. The lowest BCUT2D eigenvalue weighted by atomic mass is 9.33. The van der Waals surface area contributed by atoms with E-state index in [0.29, 0.717) is 44.8 Å². The van der Waals surface area contributed by atoms with E-state index in [9.17, 15) is 17.8 Å². The van der Waals surface area contributed by atoms with Crippen molar-refractivity contribution < 1.29 is 20.6 Å². The van der Waals surface area contributed by atoms with Crippen LogP contribution in [0.3, 0.4) is 0 Å². The molecule has 0 unspecified atom stereocenters. The summed E-state index contributed by atoms with van der Waals surface area (Å²) in [4.78, 5) is 4.19. The van der Waals surface area contributed by atoms with Gasteiger partial charge in [0.05, 0.1) is 54.0 Å². The van der Waals surface area contributed by atoms with Crippen molar-refractivity contribution in [2.75, 3.05) is 9.80 Å². The third-order valence-electron chi connectivity index (χ3n) is 22.4. The molecule has 2 aliphatic heterocycles. The summed E-state index contributed by atoms with van der Waals surface area (Å²) >= 11 is 0. The van der Waals surface area contributed by atoms with Gasteiger partial charge in [-0.2, -0.15) is 0 Å². The molecule has 105 heavy (non-hydrogen) atoms. The summed E-state index contributed by atoms with van der Waals surface area (Å²) in [5.41, 5.74) is 13.0. The number of aromatic nitrogens is 2. The van der Waals surface area contributed by atoms with Crippen LogP contribution >= 0.6 is 0 Å². The molecular formula is C100H93BN4. The molecule has 0 atom stereocenters. The molecule has 0 spiro atoms. The smallest absolute Gasteiger partial charge is 0.252 e. The maximum absolute atomic E-state index is 10.9. The minimum absolute atomic E-state index is 0.0216. The van der Waals surface area contributed by atoms with Crippen LogP contribution in [0.1, 0.15) is 169 Å². The Balaban J connectivity index is 1.11. The molecule has 13 aromatic carbocycles. The molecule has 2 aromatic heterocycles. The van der Waals surface area contributed by atoms with Crippen LogP contribution in [0.25, 0.3) is 99.5 Å². The van der Waals surface area contributed by atoms with Crippen molar-refractivity contribution >= 4 is 101 Å². The van der Waals surface area contributed by atoms with Crippen LogP contribution in [0.15, 0.2) is 279 Å². The normalized spacial score (nSPS) is 16.2. The molecule has 5 heteroatoms. The molecule has 15 aromatic rings. The standard InChI is InChI=1S/C100H93BN4/c1-97(2,3)70-54-68(55-71(60-70)98(4,5)6)78-44-30-42-76(65-34-18-14-19-35-65)95(78)104-90-62-74(102-86-46-26-22-38-80(86)81-39-23-27-47-87(81)102)50-52-84(90)101-85-53-51-75(103-88-48-28-24-40-82(88)83-41-25-29-49-89(83)103)63-91(85)105(93-59-67(58-92(104)94(93)101)64-32-16-13-17-33-64)96-77(66-36-20-15-21-37-66)43-31-45-79(96)69-56-72(99(7,8)9)61-73(57-69)100(10,11)12/h14-15,18-31,34-64H,13,16-17,32-33H2,1-12H3/i14D,15D,18D,19D,20D,21D,30D,31D,34D,35D,36D,42D,43D,44D,45D. The van der Waals surface area contributed by atoms with Gasteiger partial charge in [0, 0.05) is 77.9 Å². The molecule has 1 aliphatic carbocycles. The van der Waals surface area contributed by atoms with Crippen LogP contribution < -0.4 is 26.2 Å². The molecule has 4 nitrogen and oxygen atoms in total. The van der Waals surface area contributed by atoms with Crippen molar-refractivity contribution in [3.63, 3.8) is 0 Å². The zero-order valence-corrected chi connectivity index (χ0v) is 61.9. The molecule has 4 heterocycles. The minimum Gasteiger partial charge on any atom is -0.310 e. The largest absolute Gasteiger partial charge is 0.310 e. The first-order chi connectivity index (χ1) is 56.8. The number of rotatable bonds is 9. The Morgan fingerprint density at radius 3 is 1.09 bits per heavy atom. The fourth-order valence-corrected chi connectivity index (χ4v) is 16.9. The van der Waals surface area contributed by atoms with Gasteiger partial charge >= 0.3 is 0 Å². The van der Waals surface area contributed by atoms with E-state index in [-0.39, 0.29) is 68.8 Å². The predicted octanol–water partition coefficient (Wildman–Crippen LogP) is 25.9. The molecule has 18 rings (SSSR count). The van der Waals surface area contributed by atoms with E-state index in [0.717, 1.165) is 120 Å². The van der Waals surface area contributed by atoms with Crippen molar-refractivity contribution in [3.05, 3.63) is 307 Å². The zero-order chi connectivity index (χ0) is 85.1. The van der Waals surface area contributed by atoms with Crippen molar-refractivity contribution in [2.45, 2.75) is 143 Å². The summed E-state index contributed by atoms with van der Waals surface area (Å²) in [6.45, 7) is 24.7. The van der Waals surface area contributed by atoms with Gasteiger partial charge in [-0.3, -0.25) is 0 Å². The van der Waals surface area contributed by atoms with Gasteiger partial charge in [-0.15, -0.1) is 0 Å². The molecule has 0 radical (unpaired) electrons. The van der Waals surface area contributed by atoms with Crippen LogP contribution in [0.4, 0.5) is 34.1 Å². The highest BCUT2D eigenvalue weighted by molar-refractivity contribution is 7.00. The van der Waals surface area contributed by atoms with E-state index >= 15 is 0 Å². The van der Waals surface area contributed by atoms with Gasteiger partial charge in [-0.05, 0) is 168 Å². The first-order valence-electron chi connectivity index (χ1n) is 44.6. The van der Waals surface area contributed by atoms with Crippen molar-refractivity contribution in [3.8, 4) is 55.9 Å². The second-order valence-electron chi connectivity index (χ2n) is 33.3. The summed E-state index contributed by atoms with van der Waals surface area (Å²) in [6.07, 6.45) is 4.27. The highest BCUT2D eigenvalue weighted by Crippen LogP contribution is 2.56. The Morgan fingerprint density at radius 2 is 0.686 bits per heavy atom. The summed E-state index contributed by atoms with van der Waals surface area (Å²) in [7, 11) is 0. The molecular weight excluding hydrogens is 1270 g/mol. The van der Waals surface area contributed by atoms with E-state index in [1.165, 1.54) is 6.07 Å². The molecule has 0 saturated heterocycles. The molecule has 3 aliphatic rings. The number of hydrogen-bond acceptors (Lipinski definition) is 2. The van der Waals surface area contributed by atoms with Crippen LogP contribution in [0, 0.1) is 0 Å². The molecule has 0 N–H and O–H groups in total. The van der Waals surface area contributed by atoms with Crippen LogP contribution in [-0.4, -0.2) is 15.8 Å². The average molecular weight is 1380 g/mol. The molecule has 1 saturated carbocycles. The van der Waals surface area contributed by atoms with Crippen LogP contribution in [0.2, 0.25) is 0 Å². The molecule has 0 amide bonds. The van der Waals surface area contributed by atoms with Crippen LogP contribution in [0.5, 0.6) is 0 Å². The van der Waals surface area contributed by atoms with Crippen molar-refractivity contribution in [2.24, 2.45) is 0 Å². The van der Waals surface area contributed by atoms with Crippen molar-refractivity contribution in [1.29, 1.82) is 0 Å². The minimum atomic E-state index is -0.794. The second kappa shape index (κ2) is 24.9. The zero-order valence-electron chi connectivity index (χ0n) is 76.9. The maximum atomic E-state index is 10.9. The Labute approximate surface area is 642 Å². The summed E-state index contributed by atoms with van der Waals surface area (Å²) in [5.74, 6) is -0.142. The molecule has 0 bridgehead atoms. The number of para-hydroxylation sites is 6. The van der Waals surface area contributed by atoms with E-state index in [1.807, 2.05) is 60.7 Å². The Kier molecular flexibility index (Phi) is 12.2. The fraction of sp³-hybridized carbons (Fsp3) is 0.220. The average Bonchev–Trinajstić information content (AvgIpc) is 0.820. The first-order valence-corrected chi connectivity index (χ1v) is 37.1. The quantitative estimate of drug-likeness (QED) is 0.134. The van der Waals surface area contributed by atoms with Gasteiger partial charge in [0.1, 0.15) is 0 Å². The molecule has 516 valence electrons. The summed E-state index contributed by atoms with van der Waals surface area (Å²) in [6, 6.07) is 56.7. The SMILES string of the molecule is [2H]c1cc(-c2c([2H])c([2H])c([2H])c(-c3cc(C(C)(C)C)cc(C(C)(C)C)c3)c2N2c3cc(-n4c5ccccc5c5ccccc54)ccc3B3c4ccc(-n5c6ccccc6c6ccccc65)cc4N(c4c(-c5cc(C(C)(C)C)cc(C(C)(C)C)c5)c([2H])c([2H])c([2H])c4-c4c([2H])c([2H])c([2H])c([2H])c4[2H])c4cc(C5CCCCC5)cc2c43)c([2H])c([2H])c1[2H]. The third kappa shape index (κ3) is 11.2. The van der Waals surface area contributed by atoms with E-state index in [2.05, 4.69) is 223 Å². The predicted molar refractivity (Wildman–Crippen MR) is 452 cm³/mol. The molecule has 1 fully saturated rings. The Bertz CT molecular complexity index is 6720. The monoisotopic (exact) mass is 1380 g/mol. The topological polar surface area (TPSA) is 16.3 Å². The number of nitrogens with zero attached hydrogens (tertiary/aromatic N) is 4. The van der Waals surface area contributed by atoms with E-state index < -0.39 is 101 Å². The number of anilines is 6. The maximum Gasteiger partial charge on any atom is 0.252 e. The third-order valence-corrected chi connectivity index (χ3v) is 22.4. The van der Waals surface area contributed by atoms with Gasteiger partial charge < -0.3 is 18.9 Å². The first kappa shape index (κ1) is 51.3. The van der Waals surface area contributed by atoms with Crippen LogP contribution in [-0.2, 0) is 21.7 Å². The van der Waals surface area contributed by atoms with Gasteiger partial charge in [-0.25, -0.2) is 0 Å². The van der Waals surface area contributed by atoms with E-state index in [4.69, 9.17) is 2.74 Å². The van der Waals surface area contributed by atoms with Gasteiger partial charge in [0.25, 0.3) is 6.71 Å². The van der Waals surface area contributed by atoms with Gasteiger partial charge in [0.2, 0.25) is 0 Å². The number of benzene rings is 13. The lowest BCUT2D eigenvalue weighted by Gasteiger charge is -2.46. The highest BCUT2D eigenvalue weighted by atomic mass is 15.2. The van der Waals surface area contributed by atoms with Gasteiger partial charge in [0.15, 0.2) is 0 Å². The Hall–Kier alpha value is -10.9. The lowest BCUT2D eigenvalue weighted by Crippen LogP contribution is -2.61. The van der Waals surface area contributed by atoms with E-state index in [1.54, 1.807) is 0 Å². The number of fused-ring (bicyclic) bond motifs is 10. The van der Waals surface area contributed by atoms with Crippen molar-refractivity contribution in [1.82, 2.24) is 9.13 Å².